The maximum atomic E-state index is 5.88. The highest BCUT2D eigenvalue weighted by atomic mass is 32.2. The Hall–Kier alpha value is -1.49. The van der Waals surface area contributed by atoms with E-state index < -0.39 is 0 Å². The quantitative estimate of drug-likeness (QED) is 0.380. The number of rotatable bonds is 6. The number of hydrogen-bond acceptors (Lipinski definition) is 4. The molecule has 0 aliphatic heterocycles. The predicted octanol–water partition coefficient (Wildman–Crippen LogP) is 7.89. The summed E-state index contributed by atoms with van der Waals surface area (Å²) in [6.45, 7) is 6.19. The largest absolute Gasteiger partial charge is 0.488 e. The minimum Gasteiger partial charge on any atom is -0.488 e. The first kappa shape index (κ1) is 20.2. The van der Waals surface area contributed by atoms with Crippen molar-refractivity contribution in [2.24, 2.45) is 0 Å². The normalized spacial score (nSPS) is 11.4. The van der Waals surface area contributed by atoms with E-state index in [4.69, 9.17) is 4.74 Å². The fraction of sp³-hybridized carbons (Fsp3) is 0.217. The van der Waals surface area contributed by atoms with E-state index in [9.17, 15) is 0 Å². The zero-order valence-electron chi connectivity index (χ0n) is 16.1. The number of thioether (sulfide) groups is 1. The Bertz CT molecular complexity index is 848. The highest BCUT2D eigenvalue weighted by Crippen LogP contribution is 2.33. The lowest BCUT2D eigenvalue weighted by molar-refractivity contribution is 0.131. The van der Waals surface area contributed by atoms with E-state index in [2.05, 4.69) is 87.7 Å². The Morgan fingerprint density at radius 1 is 0.556 bits per heavy atom. The van der Waals surface area contributed by atoms with Crippen molar-refractivity contribution >= 4 is 35.3 Å². The predicted molar refractivity (Wildman–Crippen MR) is 120 cm³/mol. The van der Waals surface area contributed by atoms with E-state index in [0.29, 0.717) is 0 Å². The molecule has 0 atom stereocenters. The maximum Gasteiger partial charge on any atom is 0.120 e. The minimum absolute atomic E-state index is 0.169. The monoisotopic (exact) mass is 412 g/mol. The smallest absolute Gasteiger partial charge is 0.120 e. The molecule has 3 rings (SSSR count). The van der Waals surface area contributed by atoms with Crippen molar-refractivity contribution in [3.8, 4) is 5.75 Å². The van der Waals surface area contributed by atoms with Gasteiger partial charge in [0, 0.05) is 24.5 Å². The van der Waals surface area contributed by atoms with Gasteiger partial charge in [-0.3, -0.25) is 0 Å². The van der Waals surface area contributed by atoms with E-state index >= 15 is 0 Å². The molecule has 0 radical (unpaired) electrons. The summed E-state index contributed by atoms with van der Waals surface area (Å²) in [4.78, 5) is 6.27. The fourth-order valence-electron chi connectivity index (χ4n) is 2.42. The summed E-state index contributed by atoms with van der Waals surface area (Å²) in [6, 6.07) is 25.7. The van der Waals surface area contributed by atoms with Crippen LogP contribution in [0.5, 0.6) is 5.75 Å². The first-order chi connectivity index (χ1) is 12.9. The average molecular weight is 413 g/mol. The van der Waals surface area contributed by atoms with Crippen LogP contribution in [-0.2, 0) is 0 Å². The molecule has 0 heterocycles. The maximum absolute atomic E-state index is 5.88. The molecule has 27 heavy (non-hydrogen) atoms. The molecule has 3 aromatic carbocycles. The van der Waals surface area contributed by atoms with Crippen LogP contribution < -0.4 is 4.74 Å². The van der Waals surface area contributed by atoms with Gasteiger partial charge in [-0.1, -0.05) is 23.5 Å². The van der Waals surface area contributed by atoms with Crippen LogP contribution in [0.4, 0.5) is 0 Å². The summed E-state index contributed by atoms with van der Waals surface area (Å²) in [5.74, 6) is 0.908. The van der Waals surface area contributed by atoms with Crippen LogP contribution in [0.1, 0.15) is 20.8 Å². The lowest BCUT2D eigenvalue weighted by Gasteiger charge is -2.21. The molecule has 0 unspecified atom stereocenters. The molecule has 0 spiro atoms. The molecule has 0 aliphatic carbocycles. The van der Waals surface area contributed by atoms with Gasteiger partial charge in [0.15, 0.2) is 0 Å². The van der Waals surface area contributed by atoms with E-state index in [0.717, 1.165) is 5.75 Å². The Morgan fingerprint density at radius 3 is 1.22 bits per heavy atom. The second-order valence-electron chi connectivity index (χ2n) is 7.04. The van der Waals surface area contributed by atoms with E-state index in [1.807, 2.05) is 12.1 Å². The summed E-state index contributed by atoms with van der Waals surface area (Å²) in [7, 11) is 0. The third-order valence-electron chi connectivity index (χ3n) is 3.60. The van der Waals surface area contributed by atoms with Crippen molar-refractivity contribution in [3.63, 3.8) is 0 Å². The second-order valence-corrected chi connectivity index (χ2v) is 10.2. The molecule has 3 aromatic rings. The van der Waals surface area contributed by atoms with Gasteiger partial charge in [-0.2, -0.15) is 0 Å². The van der Waals surface area contributed by atoms with E-state index in [-0.39, 0.29) is 5.60 Å². The first-order valence-corrected chi connectivity index (χ1v) is 11.7. The van der Waals surface area contributed by atoms with Crippen LogP contribution in [0.3, 0.4) is 0 Å². The van der Waals surface area contributed by atoms with Crippen LogP contribution in [0.15, 0.2) is 97.3 Å². The Morgan fingerprint density at radius 2 is 0.889 bits per heavy atom. The molecule has 0 amide bonds. The van der Waals surface area contributed by atoms with Gasteiger partial charge in [0.25, 0.3) is 0 Å². The Kier molecular flexibility index (Phi) is 6.85. The van der Waals surface area contributed by atoms with Crippen LogP contribution in [0.2, 0.25) is 0 Å². The summed E-state index contributed by atoms with van der Waals surface area (Å²) in [5, 5.41) is 0. The molecular weight excluding hydrogens is 388 g/mol. The van der Waals surface area contributed by atoms with Gasteiger partial charge >= 0.3 is 0 Å². The van der Waals surface area contributed by atoms with Gasteiger partial charge in [0.05, 0.1) is 0 Å². The highest BCUT2D eigenvalue weighted by Gasteiger charge is 2.11. The molecule has 0 aromatic heterocycles. The van der Waals surface area contributed by atoms with Crippen molar-refractivity contribution < 1.29 is 4.74 Å². The number of ether oxygens (including phenoxy) is 1. The third-order valence-corrected chi connectivity index (χ3v) is 6.38. The minimum atomic E-state index is -0.169. The van der Waals surface area contributed by atoms with Gasteiger partial charge in [0.1, 0.15) is 11.4 Å². The molecule has 1 nitrogen and oxygen atoms in total. The standard InChI is InChI=1S/C23H24OS3/c1-23(2,3)24-17-5-7-19(8-6-17)26-21-13-15-22(16-14-21)27-20-11-9-18(25-4)10-12-20/h5-16H,1-4H3. The number of hydrogen-bond donors (Lipinski definition) is 0. The average Bonchev–Trinajstić information content (AvgIpc) is 2.64. The highest BCUT2D eigenvalue weighted by molar-refractivity contribution is 8.00. The van der Waals surface area contributed by atoms with Gasteiger partial charge in [-0.05, 0) is 99.8 Å². The van der Waals surface area contributed by atoms with Crippen molar-refractivity contribution in [1.29, 1.82) is 0 Å². The van der Waals surface area contributed by atoms with Crippen LogP contribution in [0.25, 0.3) is 0 Å². The Labute approximate surface area is 175 Å². The SMILES string of the molecule is CSc1ccc(Sc2ccc(Sc3ccc(OC(C)(C)C)cc3)cc2)cc1. The topological polar surface area (TPSA) is 9.23 Å². The molecule has 0 fully saturated rings. The summed E-state index contributed by atoms with van der Waals surface area (Å²) in [5.41, 5.74) is -0.169. The Balaban J connectivity index is 1.60. The lowest BCUT2D eigenvalue weighted by atomic mass is 10.2. The van der Waals surface area contributed by atoms with Crippen molar-refractivity contribution in [2.45, 2.75) is 50.8 Å². The van der Waals surface area contributed by atoms with Crippen LogP contribution >= 0.6 is 35.3 Å². The summed E-state index contributed by atoms with van der Waals surface area (Å²) in [6.07, 6.45) is 2.10. The lowest BCUT2D eigenvalue weighted by Crippen LogP contribution is -2.22. The number of benzene rings is 3. The van der Waals surface area contributed by atoms with Gasteiger partial charge in [-0.15, -0.1) is 11.8 Å². The summed E-state index contributed by atoms with van der Waals surface area (Å²) >= 11 is 5.33. The molecule has 0 bridgehead atoms. The van der Waals surface area contributed by atoms with Gasteiger partial charge < -0.3 is 4.74 Å². The van der Waals surface area contributed by atoms with Gasteiger partial charge in [0.2, 0.25) is 0 Å². The van der Waals surface area contributed by atoms with Crippen molar-refractivity contribution in [2.75, 3.05) is 6.26 Å². The molecule has 0 N–H and O–H groups in total. The van der Waals surface area contributed by atoms with Crippen LogP contribution in [0, 0.1) is 0 Å². The molecular formula is C23H24OS3. The second kappa shape index (κ2) is 9.13. The molecule has 140 valence electrons. The summed E-state index contributed by atoms with van der Waals surface area (Å²) < 4.78 is 5.88. The third kappa shape index (κ3) is 6.56. The zero-order chi connectivity index (χ0) is 19.3. The fourth-order valence-corrected chi connectivity index (χ4v) is 4.46. The van der Waals surface area contributed by atoms with Crippen molar-refractivity contribution in [3.05, 3.63) is 72.8 Å². The van der Waals surface area contributed by atoms with E-state index in [1.165, 1.54) is 24.5 Å². The van der Waals surface area contributed by atoms with Crippen LogP contribution in [-0.4, -0.2) is 11.9 Å². The molecule has 0 saturated heterocycles. The van der Waals surface area contributed by atoms with Gasteiger partial charge in [-0.25, -0.2) is 0 Å². The van der Waals surface area contributed by atoms with Crippen molar-refractivity contribution in [1.82, 2.24) is 0 Å². The van der Waals surface area contributed by atoms with E-state index in [1.54, 1.807) is 35.3 Å². The zero-order valence-corrected chi connectivity index (χ0v) is 18.5. The molecule has 0 saturated carbocycles. The molecule has 0 aliphatic rings. The molecule has 4 heteroatoms. The first-order valence-electron chi connectivity index (χ1n) is 8.80.